The number of amides is 1. The van der Waals surface area contributed by atoms with Crippen molar-refractivity contribution in [1.29, 1.82) is 0 Å². The zero-order valence-corrected chi connectivity index (χ0v) is 7.13. The Bertz CT molecular complexity index is 161. The van der Waals surface area contributed by atoms with E-state index in [0.717, 1.165) is 12.8 Å². The van der Waals surface area contributed by atoms with E-state index in [1.807, 2.05) is 0 Å². The highest BCUT2D eigenvalue weighted by Gasteiger charge is 2.49. The number of carbonyl (C=O) groups is 1. The van der Waals surface area contributed by atoms with Crippen LogP contribution in [0.25, 0.3) is 0 Å². The van der Waals surface area contributed by atoms with Gasteiger partial charge in [0.25, 0.3) is 0 Å². The molecule has 1 aliphatic rings. The molecule has 3 nitrogen and oxygen atoms in total. The first-order valence-electron chi connectivity index (χ1n) is 3.95. The van der Waals surface area contributed by atoms with E-state index in [1.165, 1.54) is 0 Å². The molecule has 1 aliphatic carbocycles. The van der Waals surface area contributed by atoms with E-state index < -0.39 is 0 Å². The monoisotopic (exact) mass is 157 g/mol. The maximum Gasteiger partial charge on any atom is 0.228 e. The maximum absolute atomic E-state index is 11.4. The van der Waals surface area contributed by atoms with Gasteiger partial charge in [0.05, 0.1) is 5.41 Å². The first-order chi connectivity index (χ1) is 5.12. The van der Waals surface area contributed by atoms with Crippen LogP contribution < -0.4 is 0 Å². The summed E-state index contributed by atoms with van der Waals surface area (Å²) in [5, 5.41) is 8.70. The standard InChI is InChI=1S/C8H15NO2/c1-9(2)7(11)8(3-4-8)5-6-10/h10H,3-6H2,1-2H3. The van der Waals surface area contributed by atoms with Gasteiger partial charge >= 0.3 is 0 Å². The van der Waals surface area contributed by atoms with E-state index in [4.69, 9.17) is 5.11 Å². The topological polar surface area (TPSA) is 40.5 Å². The summed E-state index contributed by atoms with van der Waals surface area (Å²) in [4.78, 5) is 13.0. The van der Waals surface area contributed by atoms with Crippen LogP contribution in [0, 0.1) is 5.41 Å². The first-order valence-corrected chi connectivity index (χ1v) is 3.95. The van der Waals surface area contributed by atoms with E-state index in [0.29, 0.717) is 6.42 Å². The third-order valence-corrected chi connectivity index (χ3v) is 2.30. The number of aliphatic hydroxyl groups excluding tert-OH is 1. The number of hydrogen-bond acceptors (Lipinski definition) is 2. The molecule has 0 radical (unpaired) electrons. The van der Waals surface area contributed by atoms with E-state index >= 15 is 0 Å². The number of hydrogen-bond donors (Lipinski definition) is 1. The van der Waals surface area contributed by atoms with Crippen molar-refractivity contribution in [2.24, 2.45) is 5.41 Å². The molecule has 1 saturated carbocycles. The van der Waals surface area contributed by atoms with Crippen LogP contribution in [-0.2, 0) is 4.79 Å². The minimum absolute atomic E-state index is 0.125. The van der Waals surface area contributed by atoms with Gasteiger partial charge in [0, 0.05) is 20.7 Å². The molecule has 0 spiro atoms. The predicted molar refractivity (Wildman–Crippen MR) is 42.1 cm³/mol. The van der Waals surface area contributed by atoms with Crippen LogP contribution in [0.3, 0.4) is 0 Å². The number of nitrogens with zero attached hydrogens (tertiary/aromatic N) is 1. The molecule has 64 valence electrons. The van der Waals surface area contributed by atoms with Gasteiger partial charge in [-0.15, -0.1) is 0 Å². The van der Waals surface area contributed by atoms with Crippen molar-refractivity contribution >= 4 is 5.91 Å². The Labute approximate surface area is 67.0 Å². The summed E-state index contributed by atoms with van der Waals surface area (Å²) in [6, 6.07) is 0. The molecule has 3 heteroatoms. The zero-order chi connectivity index (χ0) is 8.48. The SMILES string of the molecule is CN(C)C(=O)C1(CCO)CC1. The lowest BCUT2D eigenvalue weighted by Crippen LogP contribution is -2.31. The van der Waals surface area contributed by atoms with Gasteiger partial charge in [0.2, 0.25) is 5.91 Å². The van der Waals surface area contributed by atoms with E-state index in [-0.39, 0.29) is 17.9 Å². The van der Waals surface area contributed by atoms with Crippen molar-refractivity contribution in [2.75, 3.05) is 20.7 Å². The lowest BCUT2D eigenvalue weighted by molar-refractivity contribution is -0.135. The molecule has 1 rings (SSSR count). The highest BCUT2D eigenvalue weighted by molar-refractivity contribution is 5.84. The lowest BCUT2D eigenvalue weighted by Gasteiger charge is -2.18. The average molecular weight is 157 g/mol. The summed E-state index contributed by atoms with van der Waals surface area (Å²) in [6.45, 7) is 0.125. The highest BCUT2D eigenvalue weighted by atomic mass is 16.3. The fraction of sp³-hybridized carbons (Fsp3) is 0.875. The summed E-state index contributed by atoms with van der Waals surface area (Å²) in [6.07, 6.45) is 2.53. The van der Waals surface area contributed by atoms with Gasteiger partial charge in [-0.25, -0.2) is 0 Å². The van der Waals surface area contributed by atoms with Crippen LogP contribution in [0.2, 0.25) is 0 Å². The van der Waals surface area contributed by atoms with Crippen LogP contribution >= 0.6 is 0 Å². The van der Waals surface area contributed by atoms with E-state index in [1.54, 1.807) is 19.0 Å². The number of rotatable bonds is 3. The molecule has 1 fully saturated rings. The summed E-state index contributed by atoms with van der Waals surface area (Å²) in [7, 11) is 3.53. The van der Waals surface area contributed by atoms with Crippen LogP contribution in [-0.4, -0.2) is 36.6 Å². The molecule has 0 aliphatic heterocycles. The van der Waals surface area contributed by atoms with Gasteiger partial charge in [0.1, 0.15) is 0 Å². The summed E-state index contributed by atoms with van der Waals surface area (Å²) >= 11 is 0. The fourth-order valence-corrected chi connectivity index (χ4v) is 1.41. The molecule has 0 saturated heterocycles. The van der Waals surface area contributed by atoms with Crippen molar-refractivity contribution in [1.82, 2.24) is 4.90 Å². The fourth-order valence-electron chi connectivity index (χ4n) is 1.41. The predicted octanol–water partition coefficient (Wildman–Crippen LogP) is 0.237. The Morgan fingerprint density at radius 2 is 2.09 bits per heavy atom. The number of aliphatic hydroxyl groups is 1. The summed E-state index contributed by atoms with van der Waals surface area (Å²) < 4.78 is 0. The quantitative estimate of drug-likeness (QED) is 0.637. The largest absolute Gasteiger partial charge is 0.396 e. The second-order valence-electron chi connectivity index (χ2n) is 3.45. The minimum Gasteiger partial charge on any atom is -0.396 e. The van der Waals surface area contributed by atoms with Crippen LogP contribution in [0.4, 0.5) is 0 Å². The molecule has 1 amide bonds. The second-order valence-corrected chi connectivity index (χ2v) is 3.45. The molecule has 0 aromatic heterocycles. The minimum atomic E-state index is -0.182. The third-order valence-electron chi connectivity index (χ3n) is 2.30. The van der Waals surface area contributed by atoms with Crippen LogP contribution in [0.5, 0.6) is 0 Å². The van der Waals surface area contributed by atoms with Gasteiger partial charge in [-0.1, -0.05) is 0 Å². The molecule has 0 aromatic carbocycles. The van der Waals surface area contributed by atoms with E-state index in [9.17, 15) is 4.79 Å². The highest BCUT2D eigenvalue weighted by Crippen LogP contribution is 2.49. The molecule has 1 N–H and O–H groups in total. The normalized spacial score (nSPS) is 19.5. The van der Waals surface area contributed by atoms with Crippen LogP contribution in [0.15, 0.2) is 0 Å². The van der Waals surface area contributed by atoms with Gasteiger partial charge in [0.15, 0.2) is 0 Å². The van der Waals surface area contributed by atoms with Crippen molar-refractivity contribution in [3.63, 3.8) is 0 Å². The van der Waals surface area contributed by atoms with Crippen LogP contribution in [0.1, 0.15) is 19.3 Å². The smallest absolute Gasteiger partial charge is 0.228 e. The van der Waals surface area contributed by atoms with Gasteiger partial charge in [-0.3, -0.25) is 4.79 Å². The van der Waals surface area contributed by atoms with Gasteiger partial charge < -0.3 is 10.0 Å². The Balaban J connectivity index is 2.51. The first kappa shape index (κ1) is 8.53. The Kier molecular flexibility index (Phi) is 2.18. The summed E-state index contributed by atoms with van der Waals surface area (Å²) in [5.41, 5.74) is -0.182. The van der Waals surface area contributed by atoms with Crippen molar-refractivity contribution in [3.05, 3.63) is 0 Å². The van der Waals surface area contributed by atoms with Crippen molar-refractivity contribution in [2.45, 2.75) is 19.3 Å². The van der Waals surface area contributed by atoms with Gasteiger partial charge in [-0.05, 0) is 19.3 Å². The molecular weight excluding hydrogens is 142 g/mol. The average Bonchev–Trinajstić information content (AvgIpc) is 2.69. The maximum atomic E-state index is 11.4. The molecule has 11 heavy (non-hydrogen) atoms. The Morgan fingerprint density at radius 3 is 2.36 bits per heavy atom. The Hall–Kier alpha value is -0.570. The zero-order valence-electron chi connectivity index (χ0n) is 7.13. The molecule has 0 bridgehead atoms. The van der Waals surface area contributed by atoms with E-state index in [2.05, 4.69) is 0 Å². The molecular formula is C8H15NO2. The van der Waals surface area contributed by atoms with Crippen molar-refractivity contribution < 1.29 is 9.90 Å². The third kappa shape index (κ3) is 1.53. The molecule has 0 unspecified atom stereocenters. The molecule has 0 aromatic rings. The molecule has 0 heterocycles. The molecule has 0 atom stereocenters. The second kappa shape index (κ2) is 2.81. The Morgan fingerprint density at radius 1 is 1.55 bits per heavy atom. The summed E-state index contributed by atoms with van der Waals surface area (Å²) in [5.74, 6) is 0.173. The number of carbonyl (C=O) groups excluding carboxylic acids is 1. The van der Waals surface area contributed by atoms with Gasteiger partial charge in [-0.2, -0.15) is 0 Å². The van der Waals surface area contributed by atoms with Crippen molar-refractivity contribution in [3.8, 4) is 0 Å². The lowest BCUT2D eigenvalue weighted by atomic mass is 10.0.